The topological polar surface area (TPSA) is 79.6 Å². The number of likely N-dealkylation sites (tertiary alicyclic amines) is 1. The first kappa shape index (κ1) is 18.5. The number of halogens is 1. The number of benzene rings is 1. The van der Waals surface area contributed by atoms with E-state index in [0.717, 1.165) is 15.6 Å². The molecule has 6 nitrogen and oxygen atoms in total. The van der Waals surface area contributed by atoms with Crippen molar-refractivity contribution in [1.82, 2.24) is 9.62 Å². The van der Waals surface area contributed by atoms with Crippen LogP contribution in [0.25, 0.3) is 10.1 Å². The molecule has 1 fully saturated rings. The first-order chi connectivity index (χ1) is 12.8. The summed E-state index contributed by atoms with van der Waals surface area (Å²) in [6, 6.07) is 6.33. The van der Waals surface area contributed by atoms with E-state index in [1.54, 1.807) is 42.5 Å². The fourth-order valence-corrected chi connectivity index (χ4v) is 6.43. The SMILES string of the molecule is Cc1c(S(=O)(=O)N[C@H]2CCN(Cc3ccoc3)C2=O)sc2ccc(Cl)cc12. The fraction of sp³-hybridized carbons (Fsp3) is 0.278. The molecule has 0 saturated carbocycles. The van der Waals surface area contributed by atoms with Crippen LogP contribution in [0.4, 0.5) is 0 Å². The third-order valence-electron chi connectivity index (χ3n) is 4.65. The summed E-state index contributed by atoms with van der Waals surface area (Å²) in [4.78, 5) is 14.2. The van der Waals surface area contributed by atoms with Crippen LogP contribution in [0.15, 0.2) is 45.4 Å². The quantitative estimate of drug-likeness (QED) is 0.679. The number of fused-ring (bicyclic) bond motifs is 1. The Kier molecular flexibility index (Phi) is 4.75. The number of thiophene rings is 1. The largest absolute Gasteiger partial charge is 0.472 e. The van der Waals surface area contributed by atoms with Crippen molar-refractivity contribution in [3.63, 3.8) is 0 Å². The van der Waals surface area contributed by atoms with E-state index in [1.807, 2.05) is 6.07 Å². The van der Waals surface area contributed by atoms with Crippen molar-refractivity contribution in [1.29, 1.82) is 0 Å². The normalized spacial score (nSPS) is 17.9. The summed E-state index contributed by atoms with van der Waals surface area (Å²) in [7, 11) is -3.81. The minimum atomic E-state index is -3.81. The van der Waals surface area contributed by atoms with Crippen LogP contribution in [-0.2, 0) is 21.4 Å². The van der Waals surface area contributed by atoms with E-state index < -0.39 is 16.1 Å². The lowest BCUT2D eigenvalue weighted by Crippen LogP contribution is -2.41. The molecule has 0 bridgehead atoms. The number of aryl methyl sites for hydroxylation is 1. The van der Waals surface area contributed by atoms with E-state index in [1.165, 1.54) is 11.3 Å². The highest BCUT2D eigenvalue weighted by Crippen LogP contribution is 2.35. The van der Waals surface area contributed by atoms with Crippen LogP contribution >= 0.6 is 22.9 Å². The van der Waals surface area contributed by atoms with E-state index in [9.17, 15) is 13.2 Å². The number of hydrogen-bond donors (Lipinski definition) is 1. The number of rotatable bonds is 5. The summed E-state index contributed by atoms with van der Waals surface area (Å²) >= 11 is 7.21. The average molecular weight is 425 g/mol. The van der Waals surface area contributed by atoms with Gasteiger partial charge in [-0.2, -0.15) is 4.72 Å². The molecule has 1 aliphatic rings. The average Bonchev–Trinajstić information content (AvgIpc) is 3.32. The van der Waals surface area contributed by atoms with Crippen molar-refractivity contribution in [2.75, 3.05) is 6.54 Å². The highest BCUT2D eigenvalue weighted by Gasteiger charge is 2.36. The van der Waals surface area contributed by atoms with Crippen LogP contribution in [0.5, 0.6) is 0 Å². The molecular formula is C18H17ClN2O4S2. The molecule has 1 saturated heterocycles. The van der Waals surface area contributed by atoms with Crippen molar-refractivity contribution >= 4 is 49.0 Å². The summed E-state index contributed by atoms with van der Waals surface area (Å²) in [5.41, 5.74) is 1.52. The second-order valence-electron chi connectivity index (χ2n) is 6.51. The van der Waals surface area contributed by atoms with Crippen LogP contribution in [0.1, 0.15) is 17.5 Å². The van der Waals surface area contributed by atoms with Gasteiger partial charge in [-0.1, -0.05) is 11.6 Å². The predicted octanol–water partition coefficient (Wildman–Crippen LogP) is 3.54. The van der Waals surface area contributed by atoms with Crippen LogP contribution < -0.4 is 4.72 Å². The number of nitrogens with zero attached hydrogens (tertiary/aromatic N) is 1. The highest BCUT2D eigenvalue weighted by atomic mass is 35.5. The van der Waals surface area contributed by atoms with Crippen LogP contribution in [0, 0.1) is 6.92 Å². The maximum atomic E-state index is 12.9. The van der Waals surface area contributed by atoms with Gasteiger partial charge in [-0.3, -0.25) is 4.79 Å². The predicted molar refractivity (Wildman–Crippen MR) is 104 cm³/mol. The molecule has 0 spiro atoms. The Bertz CT molecular complexity index is 1110. The first-order valence-electron chi connectivity index (χ1n) is 8.36. The number of furan rings is 1. The molecule has 1 aromatic carbocycles. The highest BCUT2D eigenvalue weighted by molar-refractivity contribution is 7.91. The van der Waals surface area contributed by atoms with Crippen molar-refractivity contribution < 1.29 is 17.6 Å². The maximum absolute atomic E-state index is 12.9. The van der Waals surface area contributed by atoms with Crippen molar-refractivity contribution in [3.8, 4) is 0 Å². The molecule has 27 heavy (non-hydrogen) atoms. The Labute approximate surface area is 165 Å². The Hall–Kier alpha value is -1.87. The number of carbonyl (C=O) groups excluding carboxylic acids is 1. The lowest BCUT2D eigenvalue weighted by Gasteiger charge is -2.16. The molecule has 2 aromatic heterocycles. The zero-order chi connectivity index (χ0) is 19.2. The zero-order valence-electron chi connectivity index (χ0n) is 14.4. The van der Waals surface area contributed by atoms with Crippen molar-refractivity contribution in [3.05, 3.63) is 52.9 Å². The van der Waals surface area contributed by atoms with Crippen molar-refractivity contribution in [2.45, 2.75) is 30.1 Å². The minimum absolute atomic E-state index is 0.221. The van der Waals surface area contributed by atoms with E-state index >= 15 is 0 Å². The van der Waals surface area contributed by atoms with Gasteiger partial charge in [0.05, 0.1) is 12.5 Å². The second kappa shape index (κ2) is 6.94. The van der Waals surface area contributed by atoms with Gasteiger partial charge in [0.25, 0.3) is 10.0 Å². The van der Waals surface area contributed by atoms with Gasteiger partial charge in [-0.05, 0) is 48.6 Å². The summed E-state index contributed by atoms with van der Waals surface area (Å²) < 4.78 is 34.5. The summed E-state index contributed by atoms with van der Waals surface area (Å²) in [5, 5.41) is 1.37. The van der Waals surface area contributed by atoms with Crippen LogP contribution in [-0.4, -0.2) is 31.8 Å². The molecule has 3 aromatic rings. The molecule has 9 heteroatoms. The minimum Gasteiger partial charge on any atom is -0.472 e. The van der Waals surface area contributed by atoms with Gasteiger partial charge in [0.2, 0.25) is 5.91 Å². The molecule has 142 valence electrons. The van der Waals surface area contributed by atoms with Gasteiger partial charge in [-0.25, -0.2) is 8.42 Å². The standard InChI is InChI=1S/C18H17ClN2O4S2/c1-11-14-8-13(19)2-3-16(14)26-18(11)27(23,24)20-15-4-6-21(17(15)22)9-12-5-7-25-10-12/h2-3,5,7-8,10,15,20H,4,6,9H2,1H3/t15-/m0/s1. The number of sulfonamides is 1. The van der Waals surface area contributed by atoms with Gasteiger partial charge in [0.1, 0.15) is 10.3 Å². The van der Waals surface area contributed by atoms with E-state index in [4.69, 9.17) is 16.0 Å². The van der Waals surface area contributed by atoms with Crippen LogP contribution in [0.3, 0.4) is 0 Å². The molecule has 0 radical (unpaired) electrons. The molecule has 1 atom stereocenters. The number of carbonyl (C=O) groups is 1. The Morgan fingerprint density at radius 3 is 2.93 bits per heavy atom. The first-order valence-corrected chi connectivity index (χ1v) is 11.0. The molecule has 1 aliphatic heterocycles. The Morgan fingerprint density at radius 2 is 2.19 bits per heavy atom. The van der Waals surface area contributed by atoms with Gasteiger partial charge in [0.15, 0.2) is 0 Å². The smallest absolute Gasteiger partial charge is 0.251 e. The number of hydrogen-bond acceptors (Lipinski definition) is 5. The lowest BCUT2D eigenvalue weighted by molar-refractivity contribution is -0.129. The lowest BCUT2D eigenvalue weighted by atomic mass is 10.2. The van der Waals surface area contributed by atoms with Gasteiger partial charge in [-0.15, -0.1) is 11.3 Å². The number of amides is 1. The summed E-state index contributed by atoms with van der Waals surface area (Å²) in [6.07, 6.45) is 3.56. The molecule has 0 unspecified atom stereocenters. The molecule has 3 heterocycles. The fourth-order valence-electron chi connectivity index (χ4n) is 3.28. The van der Waals surface area contributed by atoms with E-state index in [2.05, 4.69) is 4.72 Å². The Morgan fingerprint density at radius 1 is 1.37 bits per heavy atom. The molecule has 4 rings (SSSR count). The summed E-state index contributed by atoms with van der Waals surface area (Å²) in [5.74, 6) is -0.221. The second-order valence-corrected chi connectivity index (χ2v) is 9.91. The molecule has 1 N–H and O–H groups in total. The molecular weight excluding hydrogens is 408 g/mol. The molecule has 0 aliphatic carbocycles. The van der Waals surface area contributed by atoms with Crippen molar-refractivity contribution in [2.24, 2.45) is 0 Å². The molecule has 1 amide bonds. The zero-order valence-corrected chi connectivity index (χ0v) is 16.8. The van der Waals surface area contributed by atoms with E-state index in [0.29, 0.717) is 30.1 Å². The monoisotopic (exact) mass is 424 g/mol. The summed E-state index contributed by atoms with van der Waals surface area (Å²) in [6.45, 7) is 2.66. The third kappa shape index (κ3) is 3.50. The van der Waals surface area contributed by atoms with E-state index in [-0.39, 0.29) is 10.1 Å². The maximum Gasteiger partial charge on any atom is 0.251 e. The number of nitrogens with one attached hydrogen (secondary N) is 1. The van der Waals surface area contributed by atoms with Gasteiger partial charge in [0, 0.05) is 28.4 Å². The van der Waals surface area contributed by atoms with Crippen LogP contribution in [0.2, 0.25) is 5.02 Å². The Balaban J connectivity index is 1.55. The van der Waals surface area contributed by atoms with Gasteiger partial charge < -0.3 is 9.32 Å². The third-order valence-corrected chi connectivity index (χ3v) is 8.25. The van der Waals surface area contributed by atoms with Gasteiger partial charge >= 0.3 is 0 Å².